The molecule has 0 heterocycles. The van der Waals surface area contributed by atoms with E-state index < -0.39 is 11.6 Å². The van der Waals surface area contributed by atoms with Crippen LogP contribution in [0.5, 0.6) is 5.75 Å². The number of carboxylic acids is 1. The smallest absolute Gasteiger partial charge is 0.347 e. The van der Waals surface area contributed by atoms with Crippen molar-refractivity contribution in [3.8, 4) is 5.75 Å². The largest absolute Gasteiger partial charge is 0.478 e. The van der Waals surface area contributed by atoms with Crippen LogP contribution in [-0.2, 0) is 4.79 Å². The average molecular weight is 255 g/mol. The predicted octanol–water partition coefficient (Wildman–Crippen LogP) is 3.02. The lowest BCUT2D eigenvalue weighted by molar-refractivity contribution is -0.152. The highest BCUT2D eigenvalue weighted by Crippen LogP contribution is 2.45. The van der Waals surface area contributed by atoms with Crippen LogP contribution in [0, 0.1) is 0 Å². The standard InChI is InChI=1S/C13H15ClO3/c1-13(2,12(15)16)17-9-5-3-8(4-6-9)10-7-11(10)14/h3-6,10-11H,7H2,1-2H3,(H,15,16)/t10-,11+/m0/s1. The highest BCUT2D eigenvalue weighted by atomic mass is 35.5. The Morgan fingerprint density at radius 1 is 1.41 bits per heavy atom. The van der Waals surface area contributed by atoms with Gasteiger partial charge >= 0.3 is 5.97 Å². The SMILES string of the molecule is CC(C)(Oc1ccc([C@@H]2C[C@H]2Cl)cc1)C(=O)O. The number of rotatable bonds is 4. The van der Waals surface area contributed by atoms with Gasteiger partial charge in [0.1, 0.15) is 5.75 Å². The van der Waals surface area contributed by atoms with E-state index in [2.05, 4.69) is 0 Å². The molecular weight excluding hydrogens is 240 g/mol. The van der Waals surface area contributed by atoms with Gasteiger partial charge < -0.3 is 9.84 Å². The molecule has 1 aliphatic carbocycles. The normalized spacial score (nSPS) is 23.2. The summed E-state index contributed by atoms with van der Waals surface area (Å²) in [7, 11) is 0. The Balaban J connectivity index is 2.06. The molecule has 0 aliphatic heterocycles. The van der Waals surface area contributed by atoms with Crippen molar-refractivity contribution in [3.63, 3.8) is 0 Å². The van der Waals surface area contributed by atoms with Gasteiger partial charge in [0.25, 0.3) is 0 Å². The van der Waals surface area contributed by atoms with Gasteiger partial charge in [-0.2, -0.15) is 0 Å². The first-order chi connectivity index (χ1) is 7.90. The van der Waals surface area contributed by atoms with Crippen LogP contribution in [0.1, 0.15) is 31.7 Å². The number of benzene rings is 1. The first kappa shape index (κ1) is 12.2. The topological polar surface area (TPSA) is 46.5 Å². The molecule has 1 fully saturated rings. The Labute approximate surface area is 105 Å². The molecule has 1 saturated carbocycles. The van der Waals surface area contributed by atoms with Crippen LogP contribution in [-0.4, -0.2) is 22.1 Å². The Bertz CT molecular complexity index is 425. The third-order valence-electron chi connectivity index (χ3n) is 2.91. The summed E-state index contributed by atoms with van der Waals surface area (Å²) >= 11 is 5.97. The van der Waals surface area contributed by atoms with E-state index in [4.69, 9.17) is 21.4 Å². The minimum absolute atomic E-state index is 0.247. The van der Waals surface area contributed by atoms with Crippen LogP contribution < -0.4 is 4.74 Å². The van der Waals surface area contributed by atoms with Crippen molar-refractivity contribution < 1.29 is 14.6 Å². The van der Waals surface area contributed by atoms with Gasteiger partial charge in [0.2, 0.25) is 0 Å². The summed E-state index contributed by atoms with van der Waals surface area (Å²) in [5.74, 6) is 0.0238. The molecule has 2 rings (SSSR count). The lowest BCUT2D eigenvalue weighted by atomic mass is 10.1. The monoisotopic (exact) mass is 254 g/mol. The highest BCUT2D eigenvalue weighted by Gasteiger charge is 2.36. The molecule has 0 aromatic heterocycles. The number of aliphatic carboxylic acids is 1. The molecule has 0 amide bonds. The molecule has 1 aromatic carbocycles. The molecule has 0 radical (unpaired) electrons. The fourth-order valence-corrected chi connectivity index (χ4v) is 1.97. The van der Waals surface area contributed by atoms with Gasteiger partial charge in [-0.05, 0) is 38.0 Å². The van der Waals surface area contributed by atoms with Gasteiger partial charge in [-0.3, -0.25) is 0 Å². The van der Waals surface area contributed by atoms with E-state index in [1.54, 1.807) is 12.1 Å². The first-order valence-electron chi connectivity index (χ1n) is 5.56. The number of hydrogen-bond acceptors (Lipinski definition) is 2. The first-order valence-corrected chi connectivity index (χ1v) is 6.00. The Morgan fingerprint density at radius 2 is 1.94 bits per heavy atom. The zero-order valence-electron chi connectivity index (χ0n) is 9.81. The van der Waals surface area contributed by atoms with Gasteiger partial charge in [0, 0.05) is 11.3 Å². The summed E-state index contributed by atoms with van der Waals surface area (Å²) < 4.78 is 5.41. The molecule has 1 N–H and O–H groups in total. The van der Waals surface area contributed by atoms with Gasteiger partial charge in [-0.1, -0.05) is 12.1 Å². The van der Waals surface area contributed by atoms with E-state index in [1.165, 1.54) is 19.4 Å². The Kier molecular flexibility index (Phi) is 3.04. The second-order valence-electron chi connectivity index (χ2n) is 4.84. The van der Waals surface area contributed by atoms with Gasteiger partial charge in [-0.25, -0.2) is 4.79 Å². The molecule has 92 valence electrons. The number of carbonyl (C=O) groups is 1. The van der Waals surface area contributed by atoms with E-state index in [-0.39, 0.29) is 5.38 Å². The van der Waals surface area contributed by atoms with Crippen LogP contribution >= 0.6 is 11.6 Å². The summed E-state index contributed by atoms with van der Waals surface area (Å²) in [6, 6.07) is 7.48. The van der Waals surface area contributed by atoms with Crippen LogP contribution in [0.2, 0.25) is 0 Å². The number of carboxylic acid groups (broad SMARTS) is 1. The molecule has 2 atom stereocenters. The number of hydrogen-bond donors (Lipinski definition) is 1. The molecule has 0 spiro atoms. The number of halogens is 1. The zero-order chi connectivity index (χ0) is 12.6. The summed E-state index contributed by atoms with van der Waals surface area (Å²) in [5.41, 5.74) is -0.0266. The zero-order valence-corrected chi connectivity index (χ0v) is 10.6. The maximum absolute atomic E-state index is 10.9. The average Bonchev–Trinajstić information content (AvgIpc) is 2.96. The number of alkyl halides is 1. The molecule has 4 heteroatoms. The lowest BCUT2D eigenvalue weighted by Crippen LogP contribution is -2.37. The second-order valence-corrected chi connectivity index (χ2v) is 5.41. The number of ether oxygens (including phenoxy) is 1. The van der Waals surface area contributed by atoms with Crippen molar-refractivity contribution in [2.24, 2.45) is 0 Å². The van der Waals surface area contributed by atoms with Crippen LogP contribution in [0.3, 0.4) is 0 Å². The van der Waals surface area contributed by atoms with Crippen molar-refractivity contribution in [2.75, 3.05) is 0 Å². The van der Waals surface area contributed by atoms with Crippen LogP contribution in [0.4, 0.5) is 0 Å². The predicted molar refractivity (Wildman–Crippen MR) is 65.8 cm³/mol. The van der Waals surface area contributed by atoms with Crippen molar-refractivity contribution >= 4 is 17.6 Å². The van der Waals surface area contributed by atoms with Gasteiger partial charge in [-0.15, -0.1) is 11.6 Å². The maximum atomic E-state index is 10.9. The summed E-state index contributed by atoms with van der Waals surface area (Å²) in [5, 5.41) is 9.20. The summed E-state index contributed by atoms with van der Waals surface area (Å²) in [6.45, 7) is 3.05. The van der Waals surface area contributed by atoms with E-state index in [9.17, 15) is 4.79 Å². The van der Waals surface area contributed by atoms with E-state index in [1.807, 2.05) is 12.1 Å². The fourth-order valence-electron chi connectivity index (χ4n) is 1.63. The Morgan fingerprint density at radius 3 is 2.35 bits per heavy atom. The second kappa shape index (κ2) is 4.22. The van der Waals surface area contributed by atoms with Gasteiger partial charge in [0.15, 0.2) is 5.60 Å². The van der Waals surface area contributed by atoms with E-state index in [0.717, 1.165) is 6.42 Å². The third kappa shape index (κ3) is 2.72. The minimum Gasteiger partial charge on any atom is -0.478 e. The minimum atomic E-state index is -1.21. The van der Waals surface area contributed by atoms with Crippen molar-refractivity contribution in [1.29, 1.82) is 0 Å². The molecule has 3 nitrogen and oxygen atoms in total. The van der Waals surface area contributed by atoms with Crippen LogP contribution in [0.25, 0.3) is 0 Å². The molecule has 1 aromatic rings. The van der Waals surface area contributed by atoms with Crippen molar-refractivity contribution in [1.82, 2.24) is 0 Å². The summed E-state index contributed by atoms with van der Waals surface area (Å²) in [6.07, 6.45) is 1.02. The van der Waals surface area contributed by atoms with E-state index >= 15 is 0 Å². The molecule has 1 aliphatic rings. The molecule has 0 unspecified atom stereocenters. The van der Waals surface area contributed by atoms with E-state index in [0.29, 0.717) is 11.7 Å². The van der Waals surface area contributed by atoms with Gasteiger partial charge in [0.05, 0.1) is 0 Å². The Hall–Kier alpha value is -1.22. The molecule has 17 heavy (non-hydrogen) atoms. The lowest BCUT2D eigenvalue weighted by Gasteiger charge is -2.21. The fraction of sp³-hybridized carbons (Fsp3) is 0.462. The van der Waals surface area contributed by atoms with Crippen LogP contribution in [0.15, 0.2) is 24.3 Å². The molecule has 0 bridgehead atoms. The third-order valence-corrected chi connectivity index (χ3v) is 3.39. The molecule has 0 saturated heterocycles. The maximum Gasteiger partial charge on any atom is 0.347 e. The highest BCUT2D eigenvalue weighted by molar-refractivity contribution is 6.23. The van der Waals surface area contributed by atoms with Crippen molar-refractivity contribution in [2.45, 2.75) is 37.2 Å². The van der Waals surface area contributed by atoms with Crippen molar-refractivity contribution in [3.05, 3.63) is 29.8 Å². The molecular formula is C13H15ClO3. The quantitative estimate of drug-likeness (QED) is 0.840. The summed E-state index contributed by atoms with van der Waals surface area (Å²) in [4.78, 5) is 10.9.